The van der Waals surface area contributed by atoms with Crippen LogP contribution in [0.4, 0.5) is 5.69 Å². The Kier molecular flexibility index (Phi) is 7.38. The maximum atomic E-state index is 12.9. The van der Waals surface area contributed by atoms with Gasteiger partial charge in [0.1, 0.15) is 0 Å². The summed E-state index contributed by atoms with van der Waals surface area (Å²) in [4.78, 5) is 29.2. The highest BCUT2D eigenvalue weighted by Crippen LogP contribution is 2.19. The Morgan fingerprint density at radius 3 is 2.45 bits per heavy atom. The zero-order valence-electron chi connectivity index (χ0n) is 16.9. The lowest BCUT2D eigenvalue weighted by atomic mass is 10.0. The van der Waals surface area contributed by atoms with Gasteiger partial charge in [-0.2, -0.15) is 0 Å². The fourth-order valence-electron chi connectivity index (χ4n) is 3.49. The molecule has 1 aliphatic rings. The average Bonchev–Trinajstić information content (AvgIpc) is 2.79. The van der Waals surface area contributed by atoms with E-state index in [0.29, 0.717) is 37.4 Å². The van der Waals surface area contributed by atoms with Crippen molar-refractivity contribution in [1.82, 2.24) is 4.90 Å². The number of hydrogen-bond donors (Lipinski definition) is 1. The van der Waals surface area contributed by atoms with Gasteiger partial charge in [-0.05, 0) is 56.1 Å². The second kappa shape index (κ2) is 10.2. The number of likely N-dealkylation sites (tertiary alicyclic amines) is 1. The SMILES string of the molecule is CN(C(=O)c1cccc(C(=O)N2CCC(OCCCN)CC2)c1)c1ccccc1. The number of nitrogens with two attached hydrogens (primary N) is 1. The second-order valence-corrected chi connectivity index (χ2v) is 7.29. The molecule has 0 aromatic heterocycles. The molecule has 0 aliphatic carbocycles. The first-order valence-electron chi connectivity index (χ1n) is 10.1. The van der Waals surface area contributed by atoms with Crippen LogP contribution in [0.5, 0.6) is 0 Å². The van der Waals surface area contributed by atoms with Crippen molar-refractivity contribution in [3.63, 3.8) is 0 Å². The van der Waals surface area contributed by atoms with Crippen LogP contribution in [0.1, 0.15) is 40.0 Å². The molecule has 2 aromatic rings. The topological polar surface area (TPSA) is 75.9 Å². The Balaban J connectivity index is 1.62. The third kappa shape index (κ3) is 5.43. The minimum Gasteiger partial charge on any atom is -0.378 e. The normalized spacial score (nSPS) is 14.6. The van der Waals surface area contributed by atoms with Crippen molar-refractivity contribution in [2.75, 3.05) is 38.2 Å². The van der Waals surface area contributed by atoms with Gasteiger partial charge in [-0.25, -0.2) is 0 Å². The first kappa shape index (κ1) is 21.0. The van der Waals surface area contributed by atoms with Crippen LogP contribution in [-0.2, 0) is 4.74 Å². The molecule has 0 spiro atoms. The molecule has 6 nitrogen and oxygen atoms in total. The number of carbonyl (C=O) groups is 2. The zero-order valence-corrected chi connectivity index (χ0v) is 16.9. The highest BCUT2D eigenvalue weighted by Gasteiger charge is 2.24. The number of anilines is 1. The van der Waals surface area contributed by atoms with Gasteiger partial charge in [-0.1, -0.05) is 24.3 Å². The number of rotatable bonds is 7. The minimum absolute atomic E-state index is 0.0394. The van der Waals surface area contributed by atoms with Crippen LogP contribution in [0.2, 0.25) is 0 Å². The minimum atomic E-state index is -0.141. The van der Waals surface area contributed by atoms with Crippen LogP contribution in [0.3, 0.4) is 0 Å². The maximum absolute atomic E-state index is 12.9. The molecule has 3 rings (SSSR count). The molecule has 0 radical (unpaired) electrons. The fraction of sp³-hybridized carbons (Fsp3) is 0.391. The summed E-state index contributed by atoms with van der Waals surface area (Å²) in [5.74, 6) is -0.180. The van der Waals surface area contributed by atoms with Crippen LogP contribution >= 0.6 is 0 Å². The number of para-hydroxylation sites is 1. The lowest BCUT2D eigenvalue weighted by Gasteiger charge is -2.32. The summed E-state index contributed by atoms with van der Waals surface area (Å²) in [6.45, 7) is 2.63. The lowest BCUT2D eigenvalue weighted by Crippen LogP contribution is -2.41. The van der Waals surface area contributed by atoms with Crippen molar-refractivity contribution >= 4 is 17.5 Å². The molecule has 1 heterocycles. The summed E-state index contributed by atoms with van der Waals surface area (Å²) in [5, 5.41) is 0. The fourth-order valence-corrected chi connectivity index (χ4v) is 3.49. The predicted octanol–water partition coefficient (Wildman–Crippen LogP) is 2.93. The van der Waals surface area contributed by atoms with Crippen LogP contribution in [0.25, 0.3) is 0 Å². The summed E-state index contributed by atoms with van der Waals surface area (Å²) >= 11 is 0. The monoisotopic (exact) mass is 395 g/mol. The molecule has 1 saturated heterocycles. The van der Waals surface area contributed by atoms with E-state index in [2.05, 4.69) is 0 Å². The molecule has 2 N–H and O–H groups in total. The molecule has 0 saturated carbocycles. The van der Waals surface area contributed by atoms with E-state index in [9.17, 15) is 9.59 Å². The van der Waals surface area contributed by atoms with Gasteiger partial charge in [-0.15, -0.1) is 0 Å². The highest BCUT2D eigenvalue weighted by atomic mass is 16.5. The van der Waals surface area contributed by atoms with Crippen molar-refractivity contribution in [2.45, 2.75) is 25.4 Å². The van der Waals surface area contributed by atoms with Crippen molar-refractivity contribution in [2.24, 2.45) is 5.73 Å². The predicted molar refractivity (Wildman–Crippen MR) is 114 cm³/mol. The zero-order chi connectivity index (χ0) is 20.6. The largest absolute Gasteiger partial charge is 0.378 e. The van der Waals surface area contributed by atoms with Crippen molar-refractivity contribution in [1.29, 1.82) is 0 Å². The smallest absolute Gasteiger partial charge is 0.258 e. The van der Waals surface area contributed by atoms with Gasteiger partial charge in [0.25, 0.3) is 11.8 Å². The van der Waals surface area contributed by atoms with Crippen molar-refractivity contribution in [3.05, 3.63) is 65.7 Å². The highest BCUT2D eigenvalue weighted by molar-refractivity contribution is 6.07. The summed E-state index contributed by atoms with van der Waals surface area (Å²) in [6.07, 6.45) is 2.70. The third-order valence-corrected chi connectivity index (χ3v) is 5.24. The van der Waals surface area contributed by atoms with E-state index in [1.54, 1.807) is 36.2 Å². The van der Waals surface area contributed by atoms with Crippen molar-refractivity contribution in [3.8, 4) is 0 Å². The van der Waals surface area contributed by atoms with Gasteiger partial charge >= 0.3 is 0 Å². The van der Waals surface area contributed by atoms with Gasteiger partial charge in [0.2, 0.25) is 0 Å². The van der Waals surface area contributed by atoms with Gasteiger partial charge in [0.05, 0.1) is 6.10 Å². The van der Waals surface area contributed by atoms with E-state index < -0.39 is 0 Å². The molecule has 1 aliphatic heterocycles. The van der Waals surface area contributed by atoms with Crippen LogP contribution in [0.15, 0.2) is 54.6 Å². The Bertz CT molecular complexity index is 817. The molecule has 0 unspecified atom stereocenters. The Morgan fingerprint density at radius 1 is 1.07 bits per heavy atom. The standard InChI is InChI=1S/C23H29N3O3/c1-25(20-9-3-2-4-10-20)22(27)18-7-5-8-19(17-18)23(28)26-14-11-21(12-15-26)29-16-6-13-24/h2-5,7-10,17,21H,6,11-16,24H2,1H3. The quantitative estimate of drug-likeness (QED) is 0.732. The number of benzene rings is 2. The van der Waals surface area contributed by atoms with E-state index in [1.807, 2.05) is 35.2 Å². The summed E-state index contributed by atoms with van der Waals surface area (Å²) in [7, 11) is 1.74. The lowest BCUT2D eigenvalue weighted by molar-refractivity contribution is 0.00844. The number of nitrogens with zero attached hydrogens (tertiary/aromatic N) is 2. The molecule has 154 valence electrons. The van der Waals surface area contributed by atoms with Gasteiger partial charge in [0.15, 0.2) is 0 Å². The Labute approximate surface area is 172 Å². The number of piperidine rings is 1. The van der Waals surface area contributed by atoms with Gasteiger partial charge in [0, 0.05) is 43.6 Å². The number of hydrogen-bond acceptors (Lipinski definition) is 4. The van der Waals surface area contributed by atoms with Crippen LogP contribution < -0.4 is 10.6 Å². The molecular weight excluding hydrogens is 366 g/mol. The third-order valence-electron chi connectivity index (χ3n) is 5.24. The number of ether oxygens (including phenoxy) is 1. The Hall–Kier alpha value is -2.70. The summed E-state index contributed by atoms with van der Waals surface area (Å²) in [5.41, 5.74) is 7.35. The molecule has 0 atom stereocenters. The van der Waals surface area contributed by atoms with E-state index in [4.69, 9.17) is 10.5 Å². The van der Waals surface area contributed by atoms with E-state index in [-0.39, 0.29) is 17.9 Å². The van der Waals surface area contributed by atoms with Gasteiger partial charge < -0.3 is 20.3 Å². The average molecular weight is 396 g/mol. The molecule has 2 amide bonds. The first-order chi connectivity index (χ1) is 14.1. The molecule has 29 heavy (non-hydrogen) atoms. The maximum Gasteiger partial charge on any atom is 0.258 e. The molecule has 1 fully saturated rings. The van der Waals surface area contributed by atoms with Gasteiger partial charge in [-0.3, -0.25) is 9.59 Å². The Morgan fingerprint density at radius 2 is 1.76 bits per heavy atom. The molecule has 2 aromatic carbocycles. The number of amides is 2. The number of carbonyl (C=O) groups excluding carboxylic acids is 2. The summed E-state index contributed by atoms with van der Waals surface area (Å²) < 4.78 is 5.81. The van der Waals surface area contributed by atoms with E-state index >= 15 is 0 Å². The molecular formula is C23H29N3O3. The molecule has 0 bridgehead atoms. The van der Waals surface area contributed by atoms with E-state index in [0.717, 1.165) is 24.9 Å². The van der Waals surface area contributed by atoms with Crippen LogP contribution in [-0.4, -0.2) is 56.1 Å². The first-order valence-corrected chi connectivity index (χ1v) is 10.1. The molecule has 6 heteroatoms. The van der Waals surface area contributed by atoms with Crippen molar-refractivity contribution < 1.29 is 14.3 Å². The van der Waals surface area contributed by atoms with Crippen LogP contribution in [0, 0.1) is 0 Å². The summed E-state index contributed by atoms with van der Waals surface area (Å²) in [6, 6.07) is 16.4. The second-order valence-electron chi connectivity index (χ2n) is 7.29. The van der Waals surface area contributed by atoms with E-state index in [1.165, 1.54) is 0 Å².